The molecule has 0 unspecified atom stereocenters. The van der Waals surface area contributed by atoms with Crippen LogP contribution in [-0.4, -0.2) is 96.6 Å². The second kappa shape index (κ2) is 12.0. The molecule has 33 heavy (non-hydrogen) atoms. The molecule has 3 heterocycles. The third-order valence-electron chi connectivity index (χ3n) is 6.36. The highest BCUT2D eigenvalue weighted by atomic mass is 19.2. The number of halogens is 2. The number of fused-ring (bicyclic) bond motifs is 3. The molecule has 3 saturated heterocycles. The molecule has 8 nitrogen and oxygen atoms in total. The van der Waals surface area contributed by atoms with Gasteiger partial charge < -0.3 is 19.6 Å². The summed E-state index contributed by atoms with van der Waals surface area (Å²) < 4.78 is 33.3. The Hall–Kier alpha value is -2.59. The van der Waals surface area contributed by atoms with Crippen LogP contribution in [0, 0.1) is 17.6 Å². The van der Waals surface area contributed by atoms with Gasteiger partial charge >= 0.3 is 0 Å². The van der Waals surface area contributed by atoms with Crippen molar-refractivity contribution in [1.82, 2.24) is 14.7 Å². The van der Waals surface area contributed by atoms with Crippen molar-refractivity contribution in [1.29, 1.82) is 0 Å². The number of benzene rings is 1. The molecule has 3 aliphatic heterocycles. The van der Waals surface area contributed by atoms with Gasteiger partial charge in [-0.1, -0.05) is 12.1 Å². The summed E-state index contributed by atoms with van der Waals surface area (Å²) in [5.41, 5.74) is 0.0720. The van der Waals surface area contributed by atoms with Gasteiger partial charge in [-0.15, -0.1) is 0 Å². The van der Waals surface area contributed by atoms with E-state index in [0.717, 1.165) is 32.0 Å². The molecule has 1 aromatic rings. The second-order valence-electron chi connectivity index (χ2n) is 8.72. The van der Waals surface area contributed by atoms with Gasteiger partial charge in [0.25, 0.3) is 6.47 Å². The molecule has 4 rings (SSSR count). The van der Waals surface area contributed by atoms with Crippen molar-refractivity contribution >= 4 is 18.3 Å². The van der Waals surface area contributed by atoms with Crippen LogP contribution in [0.3, 0.4) is 0 Å². The van der Waals surface area contributed by atoms with Gasteiger partial charge in [-0.25, -0.2) is 8.78 Å². The average Bonchev–Trinajstić information content (AvgIpc) is 3.08. The van der Waals surface area contributed by atoms with Crippen molar-refractivity contribution in [3.8, 4) is 0 Å². The Balaban J connectivity index is 0.000000968. The summed E-state index contributed by atoms with van der Waals surface area (Å²) in [6.45, 7) is 4.35. The van der Waals surface area contributed by atoms with E-state index in [0.29, 0.717) is 39.4 Å². The molecule has 2 amide bonds. The van der Waals surface area contributed by atoms with Crippen molar-refractivity contribution in [2.75, 3.05) is 52.5 Å². The van der Waals surface area contributed by atoms with Gasteiger partial charge in [-0.3, -0.25) is 19.3 Å². The molecule has 0 saturated carbocycles. The summed E-state index contributed by atoms with van der Waals surface area (Å²) in [7, 11) is 0. The van der Waals surface area contributed by atoms with Crippen molar-refractivity contribution in [3.05, 3.63) is 35.4 Å². The molecule has 3 aliphatic rings. The van der Waals surface area contributed by atoms with Crippen LogP contribution < -0.4 is 0 Å². The smallest absolute Gasteiger partial charge is 0.290 e. The molecular weight excluding hydrogens is 436 g/mol. The van der Waals surface area contributed by atoms with Crippen LogP contribution in [0.2, 0.25) is 0 Å². The molecule has 1 aromatic carbocycles. The van der Waals surface area contributed by atoms with Crippen LogP contribution >= 0.6 is 0 Å². The first-order valence-electron chi connectivity index (χ1n) is 11.3. The zero-order chi connectivity index (χ0) is 23.8. The predicted octanol–water partition coefficient (Wildman–Crippen LogP) is 1.38. The molecule has 3 fully saturated rings. The first-order valence-corrected chi connectivity index (χ1v) is 11.3. The second-order valence-corrected chi connectivity index (χ2v) is 8.72. The van der Waals surface area contributed by atoms with Gasteiger partial charge in [0, 0.05) is 44.2 Å². The number of carbonyl (C=O) groups is 3. The standard InChI is InChI=1S/C22H29F2N3O3.CH2O2/c23-19-6-4-5-17(22(19)24)9-20(28)27-11-16-10-26(18(12-27)15-30-14-16)13-21(29)25-7-2-1-3-8-25;2-1-3/h4-6,16,18H,1-3,7-15H2;1H,(H,2,3)/t16-,18+;/m1./s1. The molecule has 0 spiro atoms. The van der Waals surface area contributed by atoms with Crippen LogP contribution in [0.15, 0.2) is 18.2 Å². The minimum absolute atomic E-state index is 0.0720. The van der Waals surface area contributed by atoms with Gasteiger partial charge in [0.05, 0.1) is 32.2 Å². The molecule has 1 N–H and O–H groups in total. The first kappa shape index (κ1) is 25.0. The number of hydrogen-bond donors (Lipinski definition) is 1. The minimum Gasteiger partial charge on any atom is -0.483 e. The number of likely N-dealkylation sites (tertiary alicyclic amines) is 1. The Morgan fingerprint density at radius 1 is 1.03 bits per heavy atom. The van der Waals surface area contributed by atoms with E-state index < -0.39 is 11.6 Å². The fraction of sp³-hybridized carbons (Fsp3) is 0.609. The molecule has 0 aromatic heterocycles. The Kier molecular flexibility index (Phi) is 9.13. The van der Waals surface area contributed by atoms with Crippen LogP contribution in [0.25, 0.3) is 0 Å². The molecule has 10 heteroatoms. The Bertz CT molecular complexity index is 834. The predicted molar refractivity (Wildman–Crippen MR) is 115 cm³/mol. The average molecular weight is 468 g/mol. The van der Waals surface area contributed by atoms with Crippen molar-refractivity contribution in [2.45, 2.75) is 31.7 Å². The number of rotatable bonds is 4. The Labute approximate surface area is 192 Å². The van der Waals surface area contributed by atoms with Gasteiger partial charge in [0.1, 0.15) is 0 Å². The van der Waals surface area contributed by atoms with Gasteiger partial charge in [-0.2, -0.15) is 0 Å². The number of piperidine rings is 1. The van der Waals surface area contributed by atoms with Crippen molar-refractivity contribution in [2.24, 2.45) is 5.92 Å². The molecule has 2 bridgehead atoms. The maximum absolute atomic E-state index is 14.0. The molecule has 182 valence electrons. The lowest BCUT2D eigenvalue weighted by Crippen LogP contribution is -2.50. The lowest BCUT2D eigenvalue weighted by molar-refractivity contribution is -0.134. The van der Waals surface area contributed by atoms with Gasteiger partial charge in [-0.05, 0) is 25.3 Å². The molecule has 0 aliphatic carbocycles. The highest BCUT2D eigenvalue weighted by Gasteiger charge is 2.36. The summed E-state index contributed by atoms with van der Waals surface area (Å²) in [5, 5.41) is 6.89. The lowest BCUT2D eigenvalue weighted by Gasteiger charge is -2.33. The topological polar surface area (TPSA) is 90.4 Å². The van der Waals surface area contributed by atoms with E-state index in [9.17, 15) is 18.4 Å². The summed E-state index contributed by atoms with van der Waals surface area (Å²) in [5.74, 6) is -1.89. The normalized spacial score (nSPS) is 23.2. The third kappa shape index (κ3) is 6.70. The molecular formula is C23H31F2N3O5. The van der Waals surface area contributed by atoms with Gasteiger partial charge in [0.2, 0.25) is 11.8 Å². The van der Waals surface area contributed by atoms with E-state index in [2.05, 4.69) is 4.90 Å². The first-order chi connectivity index (χ1) is 15.9. The zero-order valence-corrected chi connectivity index (χ0v) is 18.6. The maximum atomic E-state index is 14.0. The monoisotopic (exact) mass is 467 g/mol. The fourth-order valence-electron chi connectivity index (χ4n) is 4.70. The SMILES string of the molecule is O=C(CN1C[C@H]2COC[C@@H]1CN(C(=O)Cc1cccc(F)c1F)C2)N1CCCCC1.O=CO. The highest BCUT2D eigenvalue weighted by molar-refractivity contribution is 5.79. The summed E-state index contributed by atoms with van der Waals surface area (Å²) in [6, 6.07) is 3.84. The highest BCUT2D eigenvalue weighted by Crippen LogP contribution is 2.22. The maximum Gasteiger partial charge on any atom is 0.290 e. The number of nitrogens with zero attached hydrogens (tertiary/aromatic N) is 3. The van der Waals surface area contributed by atoms with E-state index >= 15 is 0 Å². The number of carboxylic acid groups (broad SMARTS) is 1. The van der Waals surface area contributed by atoms with Crippen LogP contribution in [0.5, 0.6) is 0 Å². The number of carbonyl (C=O) groups excluding carboxylic acids is 2. The number of hydrogen-bond acceptors (Lipinski definition) is 5. The van der Waals surface area contributed by atoms with Gasteiger partial charge in [0.15, 0.2) is 11.6 Å². The lowest BCUT2D eigenvalue weighted by atomic mass is 10.1. The molecule has 0 radical (unpaired) electrons. The number of amides is 2. The zero-order valence-electron chi connectivity index (χ0n) is 18.6. The largest absolute Gasteiger partial charge is 0.483 e. The van der Waals surface area contributed by atoms with Crippen LogP contribution in [-0.2, 0) is 25.5 Å². The quantitative estimate of drug-likeness (QED) is 0.673. The van der Waals surface area contributed by atoms with E-state index in [1.807, 2.05) is 4.90 Å². The Morgan fingerprint density at radius 2 is 1.76 bits per heavy atom. The summed E-state index contributed by atoms with van der Waals surface area (Å²) in [6.07, 6.45) is 3.12. The fourth-order valence-corrected chi connectivity index (χ4v) is 4.70. The Morgan fingerprint density at radius 3 is 2.48 bits per heavy atom. The number of ether oxygens (including phenoxy) is 1. The minimum atomic E-state index is -0.960. The van der Waals surface area contributed by atoms with E-state index in [1.165, 1.54) is 18.6 Å². The summed E-state index contributed by atoms with van der Waals surface area (Å²) in [4.78, 5) is 39.8. The third-order valence-corrected chi connectivity index (χ3v) is 6.36. The molecule has 2 atom stereocenters. The van der Waals surface area contributed by atoms with E-state index in [4.69, 9.17) is 14.6 Å². The van der Waals surface area contributed by atoms with Crippen molar-refractivity contribution in [3.63, 3.8) is 0 Å². The van der Waals surface area contributed by atoms with Crippen molar-refractivity contribution < 1.29 is 33.0 Å². The van der Waals surface area contributed by atoms with Crippen LogP contribution in [0.4, 0.5) is 8.78 Å². The van der Waals surface area contributed by atoms with Crippen LogP contribution in [0.1, 0.15) is 24.8 Å². The van der Waals surface area contributed by atoms with E-state index in [-0.39, 0.29) is 42.2 Å². The van der Waals surface area contributed by atoms with E-state index in [1.54, 1.807) is 4.90 Å². The summed E-state index contributed by atoms with van der Waals surface area (Å²) >= 11 is 0.